The van der Waals surface area contributed by atoms with Gasteiger partial charge in [-0.2, -0.15) is 0 Å². The summed E-state index contributed by atoms with van der Waals surface area (Å²) in [5, 5.41) is 12.2. The van der Waals surface area contributed by atoms with E-state index in [-0.39, 0.29) is 0 Å². The van der Waals surface area contributed by atoms with Crippen molar-refractivity contribution in [3.05, 3.63) is 35.2 Å². The lowest BCUT2D eigenvalue weighted by Crippen LogP contribution is -2.19. The summed E-state index contributed by atoms with van der Waals surface area (Å²) in [5.41, 5.74) is 0.897. The van der Waals surface area contributed by atoms with Crippen molar-refractivity contribution in [1.29, 1.82) is 0 Å². The van der Waals surface area contributed by atoms with Gasteiger partial charge in [0, 0.05) is 29.6 Å². The highest BCUT2D eigenvalue weighted by atomic mass is 35.5. The van der Waals surface area contributed by atoms with Gasteiger partial charge in [0.25, 0.3) is 0 Å². The third-order valence-corrected chi connectivity index (χ3v) is 3.16. The number of nitrogens with one attached hydrogen (secondary N) is 1. The van der Waals surface area contributed by atoms with E-state index in [2.05, 4.69) is 15.5 Å². The molecule has 2 aromatic rings. The van der Waals surface area contributed by atoms with Gasteiger partial charge in [-0.1, -0.05) is 11.6 Å². The van der Waals surface area contributed by atoms with Crippen LogP contribution in [-0.2, 0) is 6.42 Å². The Bertz CT molecular complexity index is 519. The van der Waals surface area contributed by atoms with E-state index in [1.807, 2.05) is 24.3 Å². The molecule has 5 heteroatoms. The Hall–Kier alpha value is -1.39. The first-order chi connectivity index (χ1) is 8.81. The predicted molar refractivity (Wildman–Crippen MR) is 69.5 cm³/mol. The van der Waals surface area contributed by atoms with Gasteiger partial charge in [-0.05, 0) is 37.1 Å². The fraction of sp³-hybridized carbons (Fsp3) is 0.385. The number of rotatable bonds is 5. The molecule has 0 radical (unpaired) electrons. The largest absolute Gasteiger partial charge is 0.421 e. The minimum Gasteiger partial charge on any atom is -0.421 e. The fourth-order valence-corrected chi connectivity index (χ4v) is 1.86. The van der Waals surface area contributed by atoms with E-state index in [0.717, 1.165) is 18.5 Å². The highest BCUT2D eigenvalue weighted by Crippen LogP contribution is 2.21. The quantitative estimate of drug-likeness (QED) is 0.901. The minimum absolute atomic E-state index is 0.549. The monoisotopic (exact) mass is 263 g/mol. The zero-order valence-corrected chi connectivity index (χ0v) is 10.7. The molecule has 0 aliphatic heterocycles. The zero-order valence-electron chi connectivity index (χ0n) is 9.90. The molecule has 1 aromatic carbocycles. The van der Waals surface area contributed by atoms with Gasteiger partial charge in [0.05, 0.1) is 0 Å². The van der Waals surface area contributed by atoms with E-state index < -0.39 is 0 Å². The number of benzene rings is 1. The van der Waals surface area contributed by atoms with Crippen molar-refractivity contribution in [2.75, 3.05) is 6.54 Å². The van der Waals surface area contributed by atoms with E-state index in [0.29, 0.717) is 22.8 Å². The fourth-order valence-electron chi connectivity index (χ4n) is 1.73. The van der Waals surface area contributed by atoms with Crippen LogP contribution in [0.25, 0.3) is 11.5 Å². The molecule has 1 N–H and O–H groups in total. The van der Waals surface area contributed by atoms with Crippen LogP contribution in [0.5, 0.6) is 0 Å². The molecule has 94 valence electrons. The number of halogens is 1. The van der Waals surface area contributed by atoms with Crippen LogP contribution in [0.15, 0.2) is 28.7 Å². The van der Waals surface area contributed by atoms with Crippen molar-refractivity contribution < 1.29 is 4.42 Å². The van der Waals surface area contributed by atoms with Crippen molar-refractivity contribution in [3.8, 4) is 11.5 Å². The summed E-state index contributed by atoms with van der Waals surface area (Å²) in [7, 11) is 0. The molecule has 0 atom stereocenters. The number of hydrogen-bond donors (Lipinski definition) is 1. The molecule has 1 aromatic heterocycles. The van der Waals surface area contributed by atoms with Gasteiger partial charge >= 0.3 is 0 Å². The first-order valence-corrected chi connectivity index (χ1v) is 6.51. The molecule has 0 spiro atoms. The number of hydrogen-bond acceptors (Lipinski definition) is 4. The Morgan fingerprint density at radius 2 is 2.00 bits per heavy atom. The van der Waals surface area contributed by atoms with Gasteiger partial charge in [0.15, 0.2) is 0 Å². The molecule has 1 fully saturated rings. The maximum absolute atomic E-state index is 5.83. The first kappa shape index (κ1) is 11.7. The average Bonchev–Trinajstić information content (AvgIpc) is 3.08. The lowest BCUT2D eigenvalue weighted by atomic mass is 10.2. The van der Waals surface area contributed by atoms with E-state index in [9.17, 15) is 0 Å². The molecular formula is C13H14ClN3O. The molecule has 0 saturated heterocycles. The summed E-state index contributed by atoms with van der Waals surface area (Å²) in [5.74, 6) is 1.22. The van der Waals surface area contributed by atoms with Gasteiger partial charge in [-0.3, -0.25) is 0 Å². The number of nitrogens with zero attached hydrogens (tertiary/aromatic N) is 2. The Morgan fingerprint density at radius 3 is 2.72 bits per heavy atom. The summed E-state index contributed by atoms with van der Waals surface area (Å²) in [6.07, 6.45) is 3.36. The van der Waals surface area contributed by atoms with Crippen LogP contribution in [0.3, 0.4) is 0 Å². The van der Waals surface area contributed by atoms with E-state index >= 15 is 0 Å². The molecule has 0 bridgehead atoms. The summed E-state index contributed by atoms with van der Waals surface area (Å²) >= 11 is 5.83. The normalized spacial score (nSPS) is 14.9. The summed E-state index contributed by atoms with van der Waals surface area (Å²) in [6, 6.07) is 8.10. The van der Waals surface area contributed by atoms with Crippen LogP contribution in [-0.4, -0.2) is 22.8 Å². The second kappa shape index (κ2) is 5.08. The molecular weight excluding hydrogens is 250 g/mol. The molecule has 4 nitrogen and oxygen atoms in total. The van der Waals surface area contributed by atoms with Gasteiger partial charge in [0.2, 0.25) is 11.8 Å². The predicted octanol–water partition coefficient (Wildman–Crippen LogP) is 2.68. The maximum atomic E-state index is 5.83. The first-order valence-electron chi connectivity index (χ1n) is 6.13. The molecule has 18 heavy (non-hydrogen) atoms. The Labute approximate surface area is 110 Å². The maximum Gasteiger partial charge on any atom is 0.247 e. The zero-order chi connectivity index (χ0) is 12.4. The second-order valence-corrected chi connectivity index (χ2v) is 4.92. The van der Waals surface area contributed by atoms with E-state index in [1.165, 1.54) is 12.8 Å². The lowest BCUT2D eigenvalue weighted by Gasteiger charge is -1.98. The summed E-state index contributed by atoms with van der Waals surface area (Å²) < 4.78 is 5.61. The highest BCUT2D eigenvalue weighted by molar-refractivity contribution is 6.30. The van der Waals surface area contributed by atoms with E-state index in [1.54, 1.807) is 0 Å². The van der Waals surface area contributed by atoms with Crippen molar-refractivity contribution in [1.82, 2.24) is 15.5 Å². The average molecular weight is 264 g/mol. The second-order valence-electron chi connectivity index (χ2n) is 4.49. The van der Waals surface area contributed by atoms with Crippen molar-refractivity contribution in [2.24, 2.45) is 0 Å². The van der Waals surface area contributed by atoms with Crippen LogP contribution in [0, 0.1) is 0 Å². The standard InChI is InChI=1S/C13H14ClN3O/c14-10-3-1-9(2-4-10)13-17-16-12(18-13)7-8-15-11-5-6-11/h1-4,11,15H,5-8H2. The smallest absolute Gasteiger partial charge is 0.247 e. The third-order valence-electron chi connectivity index (χ3n) is 2.91. The van der Waals surface area contributed by atoms with Crippen molar-refractivity contribution >= 4 is 11.6 Å². The Kier molecular flexibility index (Phi) is 3.30. The van der Waals surface area contributed by atoms with Crippen LogP contribution >= 0.6 is 11.6 Å². The van der Waals surface area contributed by atoms with Gasteiger partial charge in [-0.15, -0.1) is 10.2 Å². The summed E-state index contributed by atoms with van der Waals surface area (Å²) in [4.78, 5) is 0. The molecule has 1 saturated carbocycles. The van der Waals surface area contributed by atoms with Crippen LogP contribution in [0.1, 0.15) is 18.7 Å². The topological polar surface area (TPSA) is 51.0 Å². The van der Waals surface area contributed by atoms with Crippen LogP contribution < -0.4 is 5.32 Å². The van der Waals surface area contributed by atoms with Crippen LogP contribution in [0.2, 0.25) is 5.02 Å². The van der Waals surface area contributed by atoms with Gasteiger partial charge in [0.1, 0.15) is 0 Å². The molecule has 0 amide bonds. The molecule has 1 heterocycles. The molecule has 3 rings (SSSR count). The highest BCUT2D eigenvalue weighted by Gasteiger charge is 2.20. The lowest BCUT2D eigenvalue weighted by molar-refractivity contribution is 0.494. The molecule has 1 aliphatic rings. The molecule has 1 aliphatic carbocycles. The van der Waals surface area contributed by atoms with Gasteiger partial charge < -0.3 is 9.73 Å². The van der Waals surface area contributed by atoms with Gasteiger partial charge in [-0.25, -0.2) is 0 Å². The Morgan fingerprint density at radius 1 is 1.22 bits per heavy atom. The molecule has 0 unspecified atom stereocenters. The minimum atomic E-state index is 0.549. The van der Waals surface area contributed by atoms with Crippen LogP contribution in [0.4, 0.5) is 0 Å². The summed E-state index contributed by atoms with van der Waals surface area (Å²) in [6.45, 7) is 0.896. The van der Waals surface area contributed by atoms with E-state index in [4.69, 9.17) is 16.0 Å². The van der Waals surface area contributed by atoms with Crippen molar-refractivity contribution in [2.45, 2.75) is 25.3 Å². The van der Waals surface area contributed by atoms with Crippen molar-refractivity contribution in [3.63, 3.8) is 0 Å². The number of aromatic nitrogens is 2. The Balaban J connectivity index is 1.62. The SMILES string of the molecule is Clc1ccc(-c2nnc(CCNC3CC3)o2)cc1. The third kappa shape index (κ3) is 2.89.